The topological polar surface area (TPSA) is 234 Å². The number of Topliss-reactive ketones (excluding diaryl/α,β-unsaturated/α-hetero) is 3. The van der Waals surface area contributed by atoms with E-state index in [-0.39, 0.29) is 99.5 Å². The maximum atomic E-state index is 14.6. The number of piperidine rings is 1. The highest BCUT2D eigenvalue weighted by Crippen LogP contribution is 2.38. The number of amides is 2. The van der Waals surface area contributed by atoms with E-state index in [1.807, 2.05) is 51.2 Å². The molecular formula is C57H90N2O15. The van der Waals surface area contributed by atoms with Crippen LogP contribution in [0.3, 0.4) is 0 Å². The smallest absolute Gasteiger partial charge is 0.329 e. The molecule has 3 fully saturated rings. The van der Waals surface area contributed by atoms with Crippen LogP contribution < -0.4 is 5.32 Å². The second-order valence-electron chi connectivity index (χ2n) is 21.6. The van der Waals surface area contributed by atoms with Gasteiger partial charge >= 0.3 is 5.97 Å². The Morgan fingerprint density at radius 2 is 1.64 bits per heavy atom. The lowest BCUT2D eigenvalue weighted by Gasteiger charge is -2.43. The van der Waals surface area contributed by atoms with Crippen molar-refractivity contribution >= 4 is 35.1 Å². The number of esters is 1. The number of nitrogens with one attached hydrogen (secondary N) is 1. The number of aliphatic hydroxyl groups is 3. The number of carbonyl (C=O) groups excluding carboxylic acids is 6. The van der Waals surface area contributed by atoms with Crippen LogP contribution in [0, 0.1) is 35.5 Å². The van der Waals surface area contributed by atoms with Gasteiger partial charge in [0.25, 0.3) is 11.7 Å². The molecule has 1 saturated carbocycles. The lowest BCUT2D eigenvalue weighted by molar-refractivity contribution is -0.266. The highest BCUT2D eigenvalue weighted by atomic mass is 16.6. The number of rotatable bonds is 13. The highest BCUT2D eigenvalue weighted by Gasteiger charge is 2.53. The van der Waals surface area contributed by atoms with E-state index in [4.69, 9.17) is 28.4 Å². The van der Waals surface area contributed by atoms with E-state index in [9.17, 15) is 44.1 Å². The predicted octanol–water partition coefficient (Wildman–Crippen LogP) is 6.09. The number of carbonyl (C=O) groups is 6. The second-order valence-corrected chi connectivity index (χ2v) is 21.6. The van der Waals surface area contributed by atoms with Gasteiger partial charge in [-0.2, -0.15) is 0 Å². The first kappa shape index (κ1) is 62.6. The van der Waals surface area contributed by atoms with E-state index in [0.29, 0.717) is 63.4 Å². The Morgan fingerprint density at radius 1 is 0.892 bits per heavy atom. The van der Waals surface area contributed by atoms with Crippen molar-refractivity contribution in [2.24, 2.45) is 35.5 Å². The van der Waals surface area contributed by atoms with Gasteiger partial charge in [0.1, 0.15) is 30.1 Å². The van der Waals surface area contributed by atoms with Crippen LogP contribution in [0.1, 0.15) is 138 Å². The highest BCUT2D eigenvalue weighted by molar-refractivity contribution is 6.39. The molecular weight excluding hydrogens is 953 g/mol. The molecule has 4 N–H and O–H groups in total. The average molecular weight is 1040 g/mol. The first-order chi connectivity index (χ1) is 35.2. The zero-order valence-corrected chi connectivity index (χ0v) is 46.0. The Kier molecular flexibility index (Phi) is 26.0. The van der Waals surface area contributed by atoms with Crippen LogP contribution in [0.5, 0.6) is 0 Å². The Morgan fingerprint density at radius 3 is 2.32 bits per heavy atom. The van der Waals surface area contributed by atoms with Crippen LogP contribution in [0.2, 0.25) is 0 Å². The molecule has 0 radical (unpaired) electrons. The summed E-state index contributed by atoms with van der Waals surface area (Å²) in [6.07, 6.45) is 12.0. The average Bonchev–Trinajstić information content (AvgIpc) is 3.38. The number of aliphatic hydroxyl groups excluding tert-OH is 2. The number of allylic oxidation sites excluding steroid dienone is 6. The summed E-state index contributed by atoms with van der Waals surface area (Å²) in [5, 5.41) is 35.7. The number of fused-ring (bicyclic) bond motifs is 3. The van der Waals surface area contributed by atoms with Gasteiger partial charge in [-0.1, -0.05) is 71.1 Å². The third-order valence-electron chi connectivity index (χ3n) is 15.7. The standard InChI is InChI=1S/C57H90N2O15/c1-35-17-12-11-13-18-36(2)47(71-27-16-20-50(62)58-8)33-43-23-21-41(7)57(68,74-43)54(65)55(66)59-25-15-14-19-44(59)56(67)73-48(38(4)31-42-22-24-46(72-28-26-60)49(32-42)69-9)34-45(61)37(3)30-40(6)52(64)53(70-10)51(63)39(5)29-35/h11-13,17-18,30,35,37-39,41-44,46-49,52-53,60,64,68H,14-16,19-29,31-34H2,1-10H3,(H,58,62)/b13-11?,17-12+,36-18?,40-30+/t35-,37-,38-,39-,41-,42+,43+,44+,46-,47?,48+,49-,52-,53+,57-/m1/s1. The molecule has 2 bridgehead atoms. The van der Waals surface area contributed by atoms with Crippen LogP contribution in [0.4, 0.5) is 0 Å². The summed E-state index contributed by atoms with van der Waals surface area (Å²) in [6, 6.07) is -1.18. The van der Waals surface area contributed by atoms with Gasteiger partial charge in [0.15, 0.2) is 5.78 Å². The summed E-state index contributed by atoms with van der Waals surface area (Å²) in [4.78, 5) is 84.7. The Hall–Kier alpha value is -3.94. The largest absolute Gasteiger partial charge is 0.460 e. The van der Waals surface area contributed by atoms with Crippen molar-refractivity contribution in [3.05, 3.63) is 47.6 Å². The molecule has 17 nitrogen and oxygen atoms in total. The quantitative estimate of drug-likeness (QED) is 0.0707. The molecule has 0 aromatic heterocycles. The SMILES string of the molecule is CNC(=O)CCCOC1C[C@@H]2CC[C@@H](C)[C@@](O)(O2)C(=O)C(=O)N2CCCC[C@H]2C(=O)O[C@H]([C@H](C)C[C@@H]2CC[C@@H](OCCO)[C@H](OC)C2)CC(=O)[C@H](C)/C=C(\C)[C@@H](O)[C@@H](OC)C(=O)[C@H](C)C[C@H](C)/C=C/C=CC=C1C. The first-order valence-corrected chi connectivity index (χ1v) is 27.2. The van der Waals surface area contributed by atoms with Crippen LogP contribution in [0.15, 0.2) is 47.6 Å². The molecule has 2 amide bonds. The van der Waals surface area contributed by atoms with Crippen LogP contribution in [0.25, 0.3) is 0 Å². The normalized spacial score (nSPS) is 35.7. The minimum atomic E-state index is -2.50. The zero-order chi connectivity index (χ0) is 54.7. The van der Waals surface area contributed by atoms with Gasteiger partial charge in [0, 0.05) is 71.4 Å². The first-order valence-electron chi connectivity index (χ1n) is 27.2. The molecule has 4 rings (SSSR count). The van der Waals surface area contributed by atoms with Gasteiger partial charge in [-0.05, 0) is 113 Å². The molecule has 0 aromatic rings. The number of cyclic esters (lactones) is 1. The van der Waals surface area contributed by atoms with E-state index < -0.39 is 77.8 Å². The molecule has 4 aliphatic rings. The van der Waals surface area contributed by atoms with Crippen molar-refractivity contribution in [2.75, 3.05) is 47.6 Å². The lowest BCUT2D eigenvalue weighted by Crippen LogP contribution is -2.61. The van der Waals surface area contributed by atoms with Crippen molar-refractivity contribution in [2.45, 2.75) is 193 Å². The molecule has 74 heavy (non-hydrogen) atoms. The summed E-state index contributed by atoms with van der Waals surface area (Å²) in [5.74, 6) is -8.43. The van der Waals surface area contributed by atoms with E-state index >= 15 is 0 Å². The Labute approximate surface area is 440 Å². The number of nitrogens with zero attached hydrogens (tertiary/aromatic N) is 1. The molecule has 418 valence electrons. The fourth-order valence-corrected chi connectivity index (χ4v) is 11.0. The fourth-order valence-electron chi connectivity index (χ4n) is 11.0. The maximum Gasteiger partial charge on any atom is 0.329 e. The fraction of sp³-hybridized carbons (Fsp3) is 0.754. The van der Waals surface area contributed by atoms with Crippen molar-refractivity contribution in [1.29, 1.82) is 0 Å². The summed E-state index contributed by atoms with van der Waals surface area (Å²) in [7, 11) is 4.57. The molecule has 3 aliphatic heterocycles. The molecule has 0 aromatic carbocycles. The van der Waals surface area contributed by atoms with E-state index in [0.717, 1.165) is 12.0 Å². The van der Waals surface area contributed by atoms with Crippen LogP contribution in [-0.2, 0) is 57.2 Å². The third-order valence-corrected chi connectivity index (χ3v) is 15.7. The van der Waals surface area contributed by atoms with Gasteiger partial charge < -0.3 is 54.0 Å². The van der Waals surface area contributed by atoms with E-state index in [1.54, 1.807) is 47.9 Å². The summed E-state index contributed by atoms with van der Waals surface area (Å²) in [5.41, 5.74) is 1.19. The number of hydrogen-bond donors (Lipinski definition) is 4. The van der Waals surface area contributed by atoms with Gasteiger partial charge in [-0.15, -0.1) is 0 Å². The predicted molar refractivity (Wildman–Crippen MR) is 278 cm³/mol. The summed E-state index contributed by atoms with van der Waals surface area (Å²) < 4.78 is 36.2. The van der Waals surface area contributed by atoms with E-state index in [1.165, 1.54) is 12.0 Å². The van der Waals surface area contributed by atoms with Gasteiger partial charge in [0.2, 0.25) is 11.7 Å². The molecule has 15 atom stereocenters. The number of hydrogen-bond acceptors (Lipinski definition) is 15. The molecule has 17 heteroatoms. The number of ketones is 3. The monoisotopic (exact) mass is 1040 g/mol. The molecule has 1 unspecified atom stereocenters. The van der Waals surface area contributed by atoms with Gasteiger partial charge in [0.05, 0.1) is 37.6 Å². The number of ether oxygens (including phenoxy) is 6. The lowest BCUT2D eigenvalue weighted by atomic mass is 9.78. The van der Waals surface area contributed by atoms with Crippen molar-refractivity contribution in [3.63, 3.8) is 0 Å². The Bertz CT molecular complexity index is 1980. The van der Waals surface area contributed by atoms with Crippen molar-refractivity contribution in [1.82, 2.24) is 10.2 Å². The Balaban J connectivity index is 1.71. The molecule has 2 saturated heterocycles. The van der Waals surface area contributed by atoms with Gasteiger partial charge in [-0.3, -0.25) is 24.0 Å². The van der Waals surface area contributed by atoms with Gasteiger partial charge in [-0.25, -0.2) is 4.79 Å². The third kappa shape index (κ3) is 17.8. The zero-order valence-electron chi connectivity index (χ0n) is 46.0. The second kappa shape index (κ2) is 30.7. The van der Waals surface area contributed by atoms with Crippen molar-refractivity contribution in [3.8, 4) is 0 Å². The summed E-state index contributed by atoms with van der Waals surface area (Å²) in [6.45, 7) is 13.0. The molecule has 0 spiro atoms. The van der Waals surface area contributed by atoms with Crippen molar-refractivity contribution < 1.29 is 72.5 Å². The molecule has 3 heterocycles. The maximum absolute atomic E-state index is 14.6. The minimum absolute atomic E-state index is 0.0215. The van der Waals surface area contributed by atoms with Crippen LogP contribution in [-0.4, -0.2) is 158 Å². The summed E-state index contributed by atoms with van der Waals surface area (Å²) >= 11 is 0. The van der Waals surface area contributed by atoms with Crippen LogP contribution >= 0.6 is 0 Å². The number of methoxy groups -OCH3 is 2. The van der Waals surface area contributed by atoms with E-state index in [2.05, 4.69) is 5.32 Å². The minimum Gasteiger partial charge on any atom is -0.460 e. The molecule has 1 aliphatic carbocycles.